The van der Waals surface area contributed by atoms with Crippen LogP contribution in [0.3, 0.4) is 0 Å². The highest BCUT2D eigenvalue weighted by Gasteiger charge is 2.22. The first kappa shape index (κ1) is 14.1. The van der Waals surface area contributed by atoms with Crippen LogP contribution in [0.2, 0.25) is 0 Å². The molecule has 6 nitrogen and oxygen atoms in total. The SMILES string of the molecule is NC(CC(N)C(=O)OCc1ccccc1)C(=O)O. The Morgan fingerprint density at radius 2 is 1.78 bits per heavy atom. The molecule has 0 amide bonds. The van der Waals surface area contributed by atoms with Crippen LogP contribution >= 0.6 is 0 Å². The predicted octanol–water partition coefficient (Wildman–Crippen LogP) is -0.141. The van der Waals surface area contributed by atoms with Gasteiger partial charge in [0, 0.05) is 0 Å². The highest BCUT2D eigenvalue weighted by Crippen LogP contribution is 2.03. The molecule has 18 heavy (non-hydrogen) atoms. The van der Waals surface area contributed by atoms with Crippen molar-refractivity contribution in [1.82, 2.24) is 0 Å². The predicted molar refractivity (Wildman–Crippen MR) is 64.4 cm³/mol. The van der Waals surface area contributed by atoms with Crippen LogP contribution in [0.15, 0.2) is 30.3 Å². The molecule has 2 unspecified atom stereocenters. The van der Waals surface area contributed by atoms with Gasteiger partial charge >= 0.3 is 11.9 Å². The fraction of sp³-hybridized carbons (Fsp3) is 0.333. The molecule has 98 valence electrons. The summed E-state index contributed by atoms with van der Waals surface area (Å²) in [4.78, 5) is 22.0. The average Bonchev–Trinajstić information content (AvgIpc) is 2.36. The minimum absolute atomic E-state index is 0.107. The summed E-state index contributed by atoms with van der Waals surface area (Å²) in [6, 6.07) is 6.92. The van der Waals surface area contributed by atoms with Gasteiger partial charge in [0.2, 0.25) is 0 Å². The number of rotatable bonds is 6. The van der Waals surface area contributed by atoms with Gasteiger partial charge < -0.3 is 21.3 Å². The number of aliphatic carboxylic acids is 1. The van der Waals surface area contributed by atoms with Crippen LogP contribution in [0.4, 0.5) is 0 Å². The highest BCUT2D eigenvalue weighted by atomic mass is 16.5. The van der Waals surface area contributed by atoms with Crippen molar-refractivity contribution in [3.8, 4) is 0 Å². The lowest BCUT2D eigenvalue weighted by Gasteiger charge is -2.13. The quantitative estimate of drug-likeness (QED) is 0.607. The molecule has 5 N–H and O–H groups in total. The van der Waals surface area contributed by atoms with Crippen molar-refractivity contribution in [2.24, 2.45) is 11.5 Å². The number of carboxylic acid groups (broad SMARTS) is 1. The Balaban J connectivity index is 2.39. The Bertz CT molecular complexity index is 408. The molecule has 0 aromatic heterocycles. The monoisotopic (exact) mass is 252 g/mol. The smallest absolute Gasteiger partial charge is 0.323 e. The van der Waals surface area contributed by atoms with Gasteiger partial charge in [-0.15, -0.1) is 0 Å². The van der Waals surface area contributed by atoms with Gasteiger partial charge in [-0.3, -0.25) is 9.59 Å². The van der Waals surface area contributed by atoms with Gasteiger partial charge in [0.1, 0.15) is 18.7 Å². The summed E-state index contributed by atoms with van der Waals surface area (Å²) in [7, 11) is 0. The third-order valence-electron chi connectivity index (χ3n) is 2.35. The van der Waals surface area contributed by atoms with E-state index in [1.807, 2.05) is 30.3 Å². The molecule has 0 bridgehead atoms. The molecule has 2 atom stereocenters. The summed E-state index contributed by atoms with van der Waals surface area (Å²) in [5.41, 5.74) is 11.6. The van der Waals surface area contributed by atoms with E-state index in [0.29, 0.717) is 0 Å². The number of esters is 1. The topological polar surface area (TPSA) is 116 Å². The molecular weight excluding hydrogens is 236 g/mol. The van der Waals surface area contributed by atoms with Crippen molar-refractivity contribution in [3.63, 3.8) is 0 Å². The van der Waals surface area contributed by atoms with Crippen LogP contribution in [0.1, 0.15) is 12.0 Å². The molecule has 0 aliphatic heterocycles. The molecule has 1 aromatic rings. The van der Waals surface area contributed by atoms with Gasteiger partial charge in [0.05, 0.1) is 0 Å². The number of carbonyl (C=O) groups excluding carboxylic acids is 1. The molecule has 0 saturated carbocycles. The number of nitrogens with two attached hydrogens (primary N) is 2. The van der Waals surface area contributed by atoms with Crippen molar-refractivity contribution in [3.05, 3.63) is 35.9 Å². The number of carbonyl (C=O) groups is 2. The van der Waals surface area contributed by atoms with Crippen molar-refractivity contribution in [2.45, 2.75) is 25.1 Å². The summed E-state index contributed by atoms with van der Waals surface area (Å²) in [5, 5.41) is 8.59. The number of hydrogen-bond acceptors (Lipinski definition) is 5. The van der Waals surface area contributed by atoms with Gasteiger partial charge in [-0.05, 0) is 12.0 Å². The molecule has 0 aliphatic rings. The maximum Gasteiger partial charge on any atom is 0.323 e. The van der Waals surface area contributed by atoms with Crippen LogP contribution in [-0.4, -0.2) is 29.1 Å². The van der Waals surface area contributed by atoms with E-state index in [1.165, 1.54) is 0 Å². The van der Waals surface area contributed by atoms with E-state index < -0.39 is 24.0 Å². The van der Waals surface area contributed by atoms with Gasteiger partial charge in [-0.2, -0.15) is 0 Å². The van der Waals surface area contributed by atoms with E-state index in [2.05, 4.69) is 0 Å². The second kappa shape index (κ2) is 6.73. The van der Waals surface area contributed by atoms with E-state index in [-0.39, 0.29) is 13.0 Å². The van der Waals surface area contributed by atoms with Gasteiger partial charge in [0.15, 0.2) is 0 Å². The third-order valence-corrected chi connectivity index (χ3v) is 2.35. The minimum atomic E-state index is -1.19. The molecule has 1 rings (SSSR count). The molecule has 0 radical (unpaired) electrons. The Morgan fingerprint density at radius 1 is 1.17 bits per heavy atom. The Kier molecular flexibility index (Phi) is 5.29. The van der Waals surface area contributed by atoms with Gasteiger partial charge in [-0.25, -0.2) is 0 Å². The summed E-state index contributed by atoms with van der Waals surface area (Å²) >= 11 is 0. The molecule has 0 aliphatic carbocycles. The van der Waals surface area contributed by atoms with Crippen molar-refractivity contribution < 1.29 is 19.4 Å². The first-order valence-corrected chi connectivity index (χ1v) is 5.45. The Hall–Kier alpha value is -1.92. The molecule has 0 fully saturated rings. The van der Waals surface area contributed by atoms with E-state index in [9.17, 15) is 9.59 Å². The highest BCUT2D eigenvalue weighted by molar-refractivity contribution is 5.78. The van der Waals surface area contributed by atoms with E-state index >= 15 is 0 Å². The second-order valence-corrected chi connectivity index (χ2v) is 3.88. The largest absolute Gasteiger partial charge is 0.480 e. The molecule has 0 saturated heterocycles. The molecule has 1 aromatic carbocycles. The summed E-state index contributed by atoms with van der Waals surface area (Å²) in [6.45, 7) is 0.107. The molecule has 6 heteroatoms. The van der Waals surface area contributed by atoms with Crippen LogP contribution < -0.4 is 11.5 Å². The zero-order valence-corrected chi connectivity index (χ0v) is 9.78. The van der Waals surface area contributed by atoms with E-state index in [4.69, 9.17) is 21.3 Å². The lowest BCUT2D eigenvalue weighted by molar-refractivity contribution is -0.147. The Morgan fingerprint density at radius 3 is 2.33 bits per heavy atom. The minimum Gasteiger partial charge on any atom is -0.480 e. The zero-order valence-electron chi connectivity index (χ0n) is 9.78. The number of hydrogen-bond donors (Lipinski definition) is 3. The summed E-state index contributed by atoms with van der Waals surface area (Å²) < 4.78 is 4.96. The van der Waals surface area contributed by atoms with E-state index in [0.717, 1.165) is 5.56 Å². The van der Waals surface area contributed by atoms with Gasteiger partial charge in [-0.1, -0.05) is 30.3 Å². The fourth-order valence-electron chi connectivity index (χ4n) is 1.31. The molecule has 0 heterocycles. The first-order chi connectivity index (χ1) is 8.50. The van der Waals surface area contributed by atoms with Crippen molar-refractivity contribution >= 4 is 11.9 Å². The van der Waals surface area contributed by atoms with Crippen LogP contribution in [-0.2, 0) is 20.9 Å². The summed E-state index contributed by atoms with van der Waals surface area (Å²) in [5.74, 6) is -1.85. The van der Waals surface area contributed by atoms with E-state index in [1.54, 1.807) is 0 Å². The van der Waals surface area contributed by atoms with Gasteiger partial charge in [0.25, 0.3) is 0 Å². The standard InChI is InChI=1S/C12H16N2O4/c13-9(11(15)16)6-10(14)12(17)18-7-8-4-2-1-3-5-8/h1-5,9-10H,6-7,13-14H2,(H,15,16). The normalized spacial score (nSPS) is 13.7. The summed E-state index contributed by atoms with van der Waals surface area (Å²) in [6.07, 6.45) is -0.150. The number of ether oxygens (including phenoxy) is 1. The van der Waals surface area contributed by atoms with Crippen LogP contribution in [0, 0.1) is 0 Å². The maximum atomic E-state index is 11.5. The van der Waals surface area contributed by atoms with Crippen molar-refractivity contribution in [2.75, 3.05) is 0 Å². The fourth-order valence-corrected chi connectivity index (χ4v) is 1.31. The maximum absolute atomic E-state index is 11.5. The van der Waals surface area contributed by atoms with Crippen molar-refractivity contribution in [1.29, 1.82) is 0 Å². The average molecular weight is 252 g/mol. The number of carboxylic acids is 1. The second-order valence-electron chi connectivity index (χ2n) is 3.88. The molecular formula is C12H16N2O4. The Labute approximate surface area is 105 Å². The molecule has 0 spiro atoms. The number of benzene rings is 1. The zero-order chi connectivity index (χ0) is 13.5. The third kappa shape index (κ3) is 4.52. The lowest BCUT2D eigenvalue weighted by atomic mass is 10.1. The van der Waals surface area contributed by atoms with Crippen LogP contribution in [0.25, 0.3) is 0 Å². The lowest BCUT2D eigenvalue weighted by Crippen LogP contribution is -2.41. The first-order valence-electron chi connectivity index (χ1n) is 5.45. The van der Waals surface area contributed by atoms with Crippen LogP contribution in [0.5, 0.6) is 0 Å².